The monoisotopic (exact) mass is 434 g/mol. The van der Waals surface area contributed by atoms with Crippen LogP contribution in [0.15, 0.2) is 48.8 Å². The van der Waals surface area contributed by atoms with Crippen molar-refractivity contribution in [2.75, 3.05) is 0 Å². The number of aliphatic hydroxyl groups is 1. The third-order valence-corrected chi connectivity index (χ3v) is 6.85. The molecule has 3 fully saturated rings. The predicted molar refractivity (Wildman–Crippen MR) is 99.1 cm³/mol. The van der Waals surface area contributed by atoms with E-state index < -0.39 is 46.1 Å². The molecule has 3 saturated carbocycles. The van der Waals surface area contributed by atoms with E-state index in [9.17, 15) is 19.0 Å². The lowest BCUT2D eigenvalue weighted by molar-refractivity contribution is -0.347. The summed E-state index contributed by atoms with van der Waals surface area (Å²) in [5.74, 6) is -5.89. The Hall–Kier alpha value is -3.01. The Morgan fingerprint density at radius 2 is 1.71 bits per heavy atom. The first kappa shape index (κ1) is 19.9. The van der Waals surface area contributed by atoms with Crippen LogP contribution < -0.4 is 0 Å². The standard InChI is InChI=1S/C21H18F4N4O2/c22-14-3-6-16(17(23)7-14)20(31,11-29-12-26-27-28-29)21(24,25)19-8-18(9-19,10-19)13-1-4-15(30)5-2-13/h1-7,12,30-31H,8-11H2/t18?,19?,20-/m0/s1. The molecule has 0 radical (unpaired) electrons. The van der Waals surface area contributed by atoms with E-state index in [4.69, 9.17) is 0 Å². The number of phenols is 1. The van der Waals surface area contributed by atoms with Crippen LogP contribution in [0.5, 0.6) is 5.75 Å². The van der Waals surface area contributed by atoms with Crippen molar-refractivity contribution in [1.82, 2.24) is 20.2 Å². The molecule has 3 aliphatic rings. The number of hydrogen-bond donors (Lipinski definition) is 2. The second-order valence-corrected chi connectivity index (χ2v) is 8.70. The van der Waals surface area contributed by atoms with Gasteiger partial charge in [0.2, 0.25) is 0 Å². The number of benzene rings is 2. The molecule has 2 aromatic carbocycles. The molecule has 0 amide bonds. The smallest absolute Gasteiger partial charge is 0.287 e. The maximum absolute atomic E-state index is 16.0. The van der Waals surface area contributed by atoms with E-state index >= 15 is 8.78 Å². The van der Waals surface area contributed by atoms with Gasteiger partial charge >= 0.3 is 0 Å². The van der Waals surface area contributed by atoms with E-state index in [-0.39, 0.29) is 25.0 Å². The van der Waals surface area contributed by atoms with Crippen LogP contribution in [0.4, 0.5) is 17.6 Å². The highest BCUT2D eigenvalue weighted by Crippen LogP contribution is 2.80. The Bertz CT molecular complexity index is 1120. The Morgan fingerprint density at radius 1 is 1.03 bits per heavy atom. The molecule has 31 heavy (non-hydrogen) atoms. The molecule has 10 heteroatoms. The average Bonchev–Trinajstić information content (AvgIpc) is 3.13. The normalized spacial score (nSPS) is 26.6. The number of nitrogens with zero attached hydrogens (tertiary/aromatic N) is 4. The minimum atomic E-state index is -3.76. The lowest BCUT2D eigenvalue weighted by Gasteiger charge is -2.74. The van der Waals surface area contributed by atoms with Crippen LogP contribution >= 0.6 is 0 Å². The van der Waals surface area contributed by atoms with Crippen LogP contribution in [-0.4, -0.2) is 36.3 Å². The number of hydrogen-bond acceptors (Lipinski definition) is 5. The van der Waals surface area contributed by atoms with Gasteiger partial charge in [0.05, 0.1) is 6.54 Å². The largest absolute Gasteiger partial charge is 0.508 e. The van der Waals surface area contributed by atoms with Crippen LogP contribution in [0.3, 0.4) is 0 Å². The molecule has 0 saturated heterocycles. The van der Waals surface area contributed by atoms with Crippen LogP contribution in [0.1, 0.15) is 30.4 Å². The van der Waals surface area contributed by atoms with E-state index in [0.29, 0.717) is 6.07 Å². The van der Waals surface area contributed by atoms with Crippen molar-refractivity contribution in [2.24, 2.45) is 5.41 Å². The molecule has 162 valence electrons. The molecule has 0 unspecified atom stereocenters. The van der Waals surface area contributed by atoms with Gasteiger partial charge in [-0.2, -0.15) is 0 Å². The zero-order chi connectivity index (χ0) is 22.1. The van der Waals surface area contributed by atoms with Crippen molar-refractivity contribution >= 4 is 0 Å². The Morgan fingerprint density at radius 3 is 2.29 bits per heavy atom. The van der Waals surface area contributed by atoms with E-state index in [1.807, 2.05) is 0 Å². The highest BCUT2D eigenvalue weighted by molar-refractivity contribution is 5.44. The number of rotatable bonds is 6. The summed E-state index contributed by atoms with van der Waals surface area (Å²) in [5.41, 5.74) is -4.89. The van der Waals surface area contributed by atoms with Gasteiger partial charge in [0.25, 0.3) is 5.92 Å². The maximum atomic E-state index is 16.0. The summed E-state index contributed by atoms with van der Waals surface area (Å²) in [6.45, 7) is -0.802. The van der Waals surface area contributed by atoms with Gasteiger partial charge in [-0.3, -0.25) is 0 Å². The van der Waals surface area contributed by atoms with Gasteiger partial charge in [-0.25, -0.2) is 22.2 Å². The molecule has 3 aliphatic carbocycles. The average molecular weight is 434 g/mol. The summed E-state index contributed by atoms with van der Waals surface area (Å²) in [6.07, 6.45) is 1.33. The van der Waals surface area contributed by atoms with Crippen molar-refractivity contribution in [2.45, 2.75) is 42.7 Å². The van der Waals surface area contributed by atoms with Crippen molar-refractivity contribution in [3.8, 4) is 5.75 Å². The first-order chi connectivity index (χ1) is 14.6. The second-order valence-electron chi connectivity index (χ2n) is 8.70. The lowest BCUT2D eigenvalue weighted by atomic mass is 9.30. The van der Waals surface area contributed by atoms with Crippen molar-refractivity contribution in [3.05, 3.63) is 71.6 Å². The number of tetrazole rings is 1. The van der Waals surface area contributed by atoms with Crippen LogP contribution in [0.2, 0.25) is 0 Å². The Kier molecular flexibility index (Phi) is 4.02. The van der Waals surface area contributed by atoms with Gasteiger partial charge in [0, 0.05) is 17.0 Å². The van der Waals surface area contributed by atoms with E-state index in [1.54, 1.807) is 12.1 Å². The summed E-state index contributed by atoms with van der Waals surface area (Å²) < 4.78 is 61.0. The fraction of sp³-hybridized carbons (Fsp3) is 0.381. The predicted octanol–water partition coefficient (Wildman–Crippen LogP) is 3.30. The van der Waals surface area contributed by atoms with Crippen molar-refractivity contribution in [3.63, 3.8) is 0 Å². The van der Waals surface area contributed by atoms with Crippen LogP contribution in [0.25, 0.3) is 0 Å². The van der Waals surface area contributed by atoms with E-state index in [1.165, 1.54) is 12.1 Å². The molecule has 1 heterocycles. The molecule has 2 N–H and O–H groups in total. The summed E-state index contributed by atoms with van der Waals surface area (Å²) in [7, 11) is 0. The second kappa shape index (κ2) is 6.25. The molecule has 1 aromatic heterocycles. The van der Waals surface area contributed by atoms with Gasteiger partial charge in [-0.05, 0) is 64.9 Å². The number of aromatic nitrogens is 4. The third kappa shape index (κ3) is 2.63. The van der Waals surface area contributed by atoms with Crippen LogP contribution in [0, 0.1) is 17.0 Å². The molecule has 3 aromatic rings. The van der Waals surface area contributed by atoms with Gasteiger partial charge in [-0.1, -0.05) is 12.1 Å². The quantitative estimate of drug-likeness (QED) is 0.582. The third-order valence-electron chi connectivity index (χ3n) is 6.85. The molecule has 0 aliphatic heterocycles. The fourth-order valence-electron chi connectivity index (χ4n) is 5.35. The number of aromatic hydroxyl groups is 1. The number of alkyl halides is 2. The van der Waals surface area contributed by atoms with E-state index in [0.717, 1.165) is 28.7 Å². The molecular formula is C21H18F4N4O2. The molecule has 0 spiro atoms. The zero-order valence-corrected chi connectivity index (χ0v) is 16.1. The Labute approximate surface area is 174 Å². The first-order valence-electron chi connectivity index (χ1n) is 9.67. The van der Waals surface area contributed by atoms with Gasteiger partial charge in [0.15, 0.2) is 5.60 Å². The first-order valence-corrected chi connectivity index (χ1v) is 9.67. The number of phenolic OH excluding ortho intramolecular Hbond substituents is 1. The summed E-state index contributed by atoms with van der Waals surface area (Å²) in [5, 5.41) is 31.1. The molecular weight excluding hydrogens is 416 g/mol. The number of halogens is 4. The van der Waals surface area contributed by atoms with Gasteiger partial charge in [-0.15, -0.1) is 5.10 Å². The highest BCUT2D eigenvalue weighted by Gasteiger charge is 2.82. The lowest BCUT2D eigenvalue weighted by Crippen LogP contribution is -2.76. The summed E-state index contributed by atoms with van der Waals surface area (Å²) >= 11 is 0. The minimum Gasteiger partial charge on any atom is -0.508 e. The summed E-state index contributed by atoms with van der Waals surface area (Å²) in [4.78, 5) is 0. The SMILES string of the molecule is Oc1ccc(C23CC(C(F)(F)[C@](O)(Cn4cnnn4)c4ccc(F)cc4F)(C2)C3)cc1. The molecule has 2 bridgehead atoms. The topological polar surface area (TPSA) is 84.1 Å². The molecule has 6 nitrogen and oxygen atoms in total. The van der Waals surface area contributed by atoms with Crippen molar-refractivity contribution < 1.29 is 27.8 Å². The maximum Gasteiger partial charge on any atom is 0.287 e. The van der Waals surface area contributed by atoms with E-state index in [2.05, 4.69) is 15.5 Å². The Balaban J connectivity index is 1.52. The van der Waals surface area contributed by atoms with Crippen LogP contribution in [-0.2, 0) is 17.6 Å². The fourth-order valence-corrected chi connectivity index (χ4v) is 5.35. The van der Waals surface area contributed by atoms with Gasteiger partial charge < -0.3 is 10.2 Å². The van der Waals surface area contributed by atoms with Gasteiger partial charge in [0.1, 0.15) is 23.7 Å². The zero-order valence-electron chi connectivity index (χ0n) is 16.1. The minimum absolute atomic E-state index is 0.0815. The summed E-state index contributed by atoms with van der Waals surface area (Å²) in [6, 6.07) is 8.54. The van der Waals surface area contributed by atoms with Crippen molar-refractivity contribution in [1.29, 1.82) is 0 Å². The molecule has 6 rings (SSSR count). The highest BCUT2D eigenvalue weighted by atomic mass is 19.3. The molecule has 1 atom stereocenters.